The van der Waals surface area contributed by atoms with E-state index in [2.05, 4.69) is 4.98 Å². The Morgan fingerprint density at radius 3 is 2.29 bits per heavy atom. The van der Waals surface area contributed by atoms with E-state index >= 15 is 0 Å². The van der Waals surface area contributed by atoms with Crippen LogP contribution < -0.4 is 0 Å². The number of benzene rings is 1. The average molecular weight is 184 g/mol. The van der Waals surface area contributed by atoms with Gasteiger partial charge in [-0.1, -0.05) is 36.4 Å². The van der Waals surface area contributed by atoms with Gasteiger partial charge in [-0.15, -0.1) is 0 Å². The van der Waals surface area contributed by atoms with E-state index in [4.69, 9.17) is 0 Å². The largest absolute Gasteiger partial charge is 0.258 e. The summed E-state index contributed by atoms with van der Waals surface area (Å²) in [7, 11) is 0. The third-order valence-electron chi connectivity index (χ3n) is 2.06. The molecule has 0 fully saturated rings. The molecule has 2 nitrogen and oxygen atoms in total. The predicted molar refractivity (Wildman–Crippen MR) is 53.2 cm³/mol. The Morgan fingerprint density at radius 2 is 1.64 bits per heavy atom. The zero-order valence-electron chi connectivity index (χ0n) is 7.63. The van der Waals surface area contributed by atoms with Crippen molar-refractivity contribution in [3.05, 3.63) is 66.0 Å². The lowest BCUT2D eigenvalue weighted by Gasteiger charge is -2.06. The fourth-order valence-electron chi connectivity index (χ4n) is 1.33. The Balaban J connectivity index is 2.30. The summed E-state index contributed by atoms with van der Waals surface area (Å²) in [4.78, 5) is 4.04. The maximum absolute atomic E-state index is 11.9. The molecular weight excluding hydrogens is 174 g/mol. The van der Waals surface area contributed by atoms with Crippen molar-refractivity contribution in [3.63, 3.8) is 0 Å². The molecule has 0 aliphatic rings. The summed E-state index contributed by atoms with van der Waals surface area (Å²) in [6.07, 6.45) is 0.765. The van der Waals surface area contributed by atoms with Gasteiger partial charge in [0.2, 0.25) is 0 Å². The van der Waals surface area contributed by atoms with Crippen molar-refractivity contribution in [1.29, 1.82) is 0 Å². The van der Waals surface area contributed by atoms with Crippen molar-refractivity contribution in [2.45, 2.75) is 6.10 Å². The van der Waals surface area contributed by atoms with E-state index in [-0.39, 0.29) is 0 Å². The van der Waals surface area contributed by atoms with Crippen molar-refractivity contribution in [2.24, 2.45) is 0 Å². The molecule has 1 unspecified atom stereocenters. The van der Waals surface area contributed by atoms with Crippen LogP contribution in [0.3, 0.4) is 0 Å². The molecule has 2 aromatic rings. The first kappa shape index (κ1) is 8.91. The first-order chi connectivity index (χ1) is 6.88. The monoisotopic (exact) mass is 184 g/mol. The molecular formula is C12H10NO. The van der Waals surface area contributed by atoms with Crippen LogP contribution >= 0.6 is 0 Å². The highest BCUT2D eigenvalue weighted by atomic mass is 16.3. The molecule has 1 heterocycles. The Kier molecular flexibility index (Phi) is 2.56. The minimum atomic E-state index is -0.877. The summed E-state index contributed by atoms with van der Waals surface area (Å²) in [5.41, 5.74) is 1.32. The van der Waals surface area contributed by atoms with Crippen LogP contribution in [0.4, 0.5) is 0 Å². The predicted octanol–water partition coefficient (Wildman–Crippen LogP) is 2.60. The minimum Gasteiger partial charge on any atom is -0.258 e. The third-order valence-corrected chi connectivity index (χ3v) is 2.06. The lowest BCUT2D eigenvalue weighted by Crippen LogP contribution is -1.99. The molecule has 0 saturated heterocycles. The quantitative estimate of drug-likeness (QED) is 0.706. The molecule has 69 valence electrons. The van der Waals surface area contributed by atoms with Crippen LogP contribution in [-0.2, 0) is 5.11 Å². The average Bonchev–Trinajstić information content (AvgIpc) is 2.30. The second-order valence-electron chi connectivity index (χ2n) is 3.05. The van der Waals surface area contributed by atoms with Gasteiger partial charge >= 0.3 is 0 Å². The van der Waals surface area contributed by atoms with Gasteiger partial charge in [0.05, 0.1) is 5.69 Å². The topological polar surface area (TPSA) is 32.8 Å². The molecule has 2 heteroatoms. The minimum absolute atomic E-state index is 0.568. The fraction of sp³-hybridized carbons (Fsp3) is 0.0833. The number of hydrogen-bond donors (Lipinski definition) is 0. The summed E-state index contributed by atoms with van der Waals surface area (Å²) in [5, 5.41) is 11.9. The lowest BCUT2D eigenvalue weighted by atomic mass is 10.1. The van der Waals surface area contributed by atoms with Crippen LogP contribution in [0.15, 0.2) is 54.7 Å². The van der Waals surface area contributed by atoms with Crippen molar-refractivity contribution in [3.8, 4) is 0 Å². The molecule has 1 aromatic heterocycles. The number of aromatic nitrogens is 1. The van der Waals surface area contributed by atoms with E-state index < -0.39 is 6.10 Å². The summed E-state index contributed by atoms with van der Waals surface area (Å²) < 4.78 is 0. The molecule has 0 N–H and O–H groups in total. The number of rotatable bonds is 2. The van der Waals surface area contributed by atoms with Crippen LogP contribution in [0.5, 0.6) is 0 Å². The maximum atomic E-state index is 11.9. The highest BCUT2D eigenvalue weighted by Crippen LogP contribution is 2.19. The molecule has 1 atom stereocenters. The first-order valence-electron chi connectivity index (χ1n) is 4.49. The van der Waals surface area contributed by atoms with Gasteiger partial charge in [0.15, 0.2) is 6.10 Å². The highest BCUT2D eigenvalue weighted by Gasteiger charge is 2.11. The van der Waals surface area contributed by atoms with E-state index in [9.17, 15) is 5.11 Å². The van der Waals surface area contributed by atoms with Gasteiger partial charge < -0.3 is 0 Å². The van der Waals surface area contributed by atoms with Gasteiger partial charge in [-0.3, -0.25) is 4.98 Å². The van der Waals surface area contributed by atoms with E-state index in [1.807, 2.05) is 36.4 Å². The van der Waals surface area contributed by atoms with Crippen LogP contribution in [-0.4, -0.2) is 4.98 Å². The molecule has 0 saturated carbocycles. The number of nitrogens with zero attached hydrogens (tertiary/aromatic N) is 1. The van der Waals surface area contributed by atoms with E-state index in [1.165, 1.54) is 0 Å². The molecule has 1 radical (unpaired) electrons. The molecule has 0 aliphatic carbocycles. The second kappa shape index (κ2) is 4.03. The van der Waals surface area contributed by atoms with E-state index in [0.29, 0.717) is 5.69 Å². The van der Waals surface area contributed by atoms with Gasteiger partial charge in [-0.25, -0.2) is 5.11 Å². The zero-order valence-corrected chi connectivity index (χ0v) is 7.63. The van der Waals surface area contributed by atoms with Crippen LogP contribution in [0.25, 0.3) is 0 Å². The first-order valence-corrected chi connectivity index (χ1v) is 4.49. The Morgan fingerprint density at radius 1 is 0.929 bits per heavy atom. The lowest BCUT2D eigenvalue weighted by molar-refractivity contribution is 0.121. The Hall–Kier alpha value is -1.67. The van der Waals surface area contributed by atoms with Crippen molar-refractivity contribution < 1.29 is 5.11 Å². The summed E-state index contributed by atoms with van der Waals surface area (Å²) >= 11 is 0. The SMILES string of the molecule is [O]C(c1ccccc1)c1ccccn1. The van der Waals surface area contributed by atoms with Crippen LogP contribution in [0.1, 0.15) is 17.4 Å². The van der Waals surface area contributed by atoms with Crippen LogP contribution in [0.2, 0.25) is 0 Å². The highest BCUT2D eigenvalue weighted by molar-refractivity contribution is 5.24. The van der Waals surface area contributed by atoms with Crippen molar-refractivity contribution in [1.82, 2.24) is 4.98 Å². The normalized spacial score (nSPS) is 12.4. The smallest absolute Gasteiger partial charge is 0.160 e. The van der Waals surface area contributed by atoms with E-state index in [0.717, 1.165) is 5.56 Å². The van der Waals surface area contributed by atoms with Gasteiger partial charge in [0, 0.05) is 6.20 Å². The van der Waals surface area contributed by atoms with Gasteiger partial charge in [-0.2, -0.15) is 0 Å². The third kappa shape index (κ3) is 1.80. The molecule has 14 heavy (non-hydrogen) atoms. The van der Waals surface area contributed by atoms with Crippen molar-refractivity contribution in [2.75, 3.05) is 0 Å². The summed E-state index contributed by atoms with van der Waals surface area (Å²) in [5.74, 6) is 0. The van der Waals surface area contributed by atoms with Crippen molar-refractivity contribution >= 4 is 0 Å². The van der Waals surface area contributed by atoms with Gasteiger partial charge in [-0.05, 0) is 17.7 Å². The van der Waals surface area contributed by atoms with Crippen LogP contribution in [0, 0.1) is 0 Å². The summed E-state index contributed by atoms with van der Waals surface area (Å²) in [6.45, 7) is 0. The summed E-state index contributed by atoms with van der Waals surface area (Å²) in [6, 6.07) is 14.7. The van der Waals surface area contributed by atoms with Gasteiger partial charge in [0.25, 0.3) is 0 Å². The second-order valence-corrected chi connectivity index (χ2v) is 3.05. The van der Waals surface area contributed by atoms with E-state index in [1.54, 1.807) is 18.3 Å². The Labute approximate surface area is 82.9 Å². The number of hydrogen-bond acceptors (Lipinski definition) is 1. The van der Waals surface area contributed by atoms with Gasteiger partial charge in [0.1, 0.15) is 0 Å². The number of pyridine rings is 1. The molecule has 2 rings (SSSR count). The zero-order chi connectivity index (χ0) is 9.80. The standard InChI is InChI=1S/C12H10NO/c14-12(10-6-2-1-3-7-10)11-8-4-5-9-13-11/h1-9,12H. The molecule has 0 aliphatic heterocycles. The molecule has 1 aromatic carbocycles. The molecule has 0 amide bonds. The Bertz CT molecular complexity index is 346. The molecule has 0 bridgehead atoms. The fourth-order valence-corrected chi connectivity index (χ4v) is 1.33. The molecule has 0 spiro atoms. The maximum Gasteiger partial charge on any atom is 0.160 e.